The minimum atomic E-state index is -2.56. The number of amides is 1. The van der Waals surface area contributed by atoms with Gasteiger partial charge in [-0.2, -0.15) is 10.2 Å². The molecule has 5 heterocycles. The Morgan fingerprint density at radius 1 is 1.25 bits per heavy atom. The Balaban J connectivity index is 1.70. The number of alkyl halides is 2. The number of aryl methyl sites for hydroxylation is 3. The Morgan fingerprint density at radius 2 is 2.03 bits per heavy atom. The largest absolute Gasteiger partial charge is 0.290 e. The van der Waals surface area contributed by atoms with Crippen molar-refractivity contribution in [3.05, 3.63) is 46.6 Å². The van der Waals surface area contributed by atoms with E-state index in [0.717, 1.165) is 4.88 Å². The van der Waals surface area contributed by atoms with E-state index in [-0.39, 0.29) is 12.3 Å². The standard InChI is InChI=1S/C22H22F2N6OS/c1-11-8-18-29(12(2)9-16(20(23)24)30(18)26-11)22(31)14-10-15(17-6-5-7-32-17)25-21-19(14)13(3)27-28(21)4/h5-8,10,12,16,20H,9H2,1-4H3/t12-,16-/m0/s1. The van der Waals surface area contributed by atoms with Gasteiger partial charge >= 0.3 is 0 Å². The van der Waals surface area contributed by atoms with Crippen LogP contribution in [0.3, 0.4) is 0 Å². The van der Waals surface area contributed by atoms with E-state index in [4.69, 9.17) is 4.98 Å². The summed E-state index contributed by atoms with van der Waals surface area (Å²) in [4.78, 5) is 21.3. The number of halogens is 2. The molecule has 10 heteroatoms. The highest BCUT2D eigenvalue weighted by Crippen LogP contribution is 2.38. The second kappa shape index (κ2) is 7.47. The summed E-state index contributed by atoms with van der Waals surface area (Å²) in [5, 5.41) is 11.4. The fraction of sp³-hybridized carbons (Fsp3) is 0.364. The van der Waals surface area contributed by atoms with Gasteiger partial charge in [-0.25, -0.2) is 18.4 Å². The number of carbonyl (C=O) groups excluding carboxylic acids is 1. The summed E-state index contributed by atoms with van der Waals surface area (Å²) in [5.41, 5.74) is 3.03. The summed E-state index contributed by atoms with van der Waals surface area (Å²) in [6.45, 7) is 5.38. The Morgan fingerprint density at radius 3 is 2.72 bits per heavy atom. The maximum atomic E-state index is 14.0. The van der Waals surface area contributed by atoms with E-state index in [1.165, 1.54) is 16.0 Å². The van der Waals surface area contributed by atoms with Gasteiger partial charge in [-0.1, -0.05) is 6.07 Å². The molecule has 1 aliphatic rings. The molecule has 4 aromatic heterocycles. The number of nitrogens with zero attached hydrogens (tertiary/aromatic N) is 6. The number of thiophene rings is 1. The molecular formula is C22H22F2N6OS. The lowest BCUT2D eigenvalue weighted by Gasteiger charge is -2.38. The van der Waals surface area contributed by atoms with Gasteiger partial charge < -0.3 is 0 Å². The predicted molar refractivity (Wildman–Crippen MR) is 119 cm³/mol. The van der Waals surface area contributed by atoms with Crippen LogP contribution in [0.2, 0.25) is 0 Å². The molecule has 1 aliphatic heterocycles. The van der Waals surface area contributed by atoms with Gasteiger partial charge in [0.15, 0.2) is 5.65 Å². The van der Waals surface area contributed by atoms with Crippen molar-refractivity contribution in [3.63, 3.8) is 0 Å². The van der Waals surface area contributed by atoms with Crippen LogP contribution < -0.4 is 4.90 Å². The third-order valence-electron chi connectivity index (χ3n) is 5.90. The molecule has 0 aliphatic carbocycles. The summed E-state index contributed by atoms with van der Waals surface area (Å²) < 4.78 is 30.4. The number of hydrogen-bond donors (Lipinski definition) is 0. The average molecular weight is 457 g/mol. The number of hydrogen-bond acceptors (Lipinski definition) is 5. The van der Waals surface area contributed by atoms with Gasteiger partial charge in [0.2, 0.25) is 0 Å². The maximum Gasteiger partial charge on any atom is 0.260 e. The van der Waals surface area contributed by atoms with E-state index in [2.05, 4.69) is 10.2 Å². The van der Waals surface area contributed by atoms with Gasteiger partial charge in [0.25, 0.3) is 12.3 Å². The fourth-order valence-corrected chi connectivity index (χ4v) is 5.20. The van der Waals surface area contributed by atoms with Crippen LogP contribution in [0.15, 0.2) is 29.6 Å². The SMILES string of the molecule is Cc1cc2n(n1)[C@H](C(F)F)C[C@H](C)N2C(=O)c1cc(-c2cccs2)nc2c1c(C)nn2C. The van der Waals surface area contributed by atoms with Crippen molar-refractivity contribution in [2.24, 2.45) is 7.05 Å². The summed E-state index contributed by atoms with van der Waals surface area (Å²) in [6.07, 6.45) is -2.44. The number of rotatable bonds is 3. The van der Waals surface area contributed by atoms with Crippen molar-refractivity contribution in [3.8, 4) is 10.6 Å². The van der Waals surface area contributed by atoms with E-state index in [9.17, 15) is 13.6 Å². The third kappa shape index (κ3) is 3.12. The maximum absolute atomic E-state index is 14.0. The topological polar surface area (TPSA) is 68.8 Å². The zero-order valence-electron chi connectivity index (χ0n) is 18.1. The van der Waals surface area contributed by atoms with Gasteiger partial charge in [-0.05, 0) is 44.7 Å². The fourth-order valence-electron chi connectivity index (χ4n) is 4.52. The number of pyridine rings is 1. The first-order valence-electron chi connectivity index (χ1n) is 10.3. The first kappa shape index (κ1) is 20.7. The van der Waals surface area contributed by atoms with Crippen LogP contribution in [0.4, 0.5) is 14.6 Å². The van der Waals surface area contributed by atoms with E-state index in [0.29, 0.717) is 39.5 Å². The lowest BCUT2D eigenvalue weighted by molar-refractivity contribution is 0.0609. The van der Waals surface area contributed by atoms with Crippen molar-refractivity contribution in [1.29, 1.82) is 0 Å². The molecule has 0 aromatic carbocycles. The molecule has 4 aromatic rings. The second-order valence-electron chi connectivity index (χ2n) is 8.19. The Kier molecular flexibility index (Phi) is 4.85. The molecule has 2 atom stereocenters. The number of fused-ring (bicyclic) bond motifs is 2. The zero-order valence-corrected chi connectivity index (χ0v) is 18.9. The average Bonchev–Trinajstić information content (AvgIpc) is 3.46. The molecule has 166 valence electrons. The number of carbonyl (C=O) groups is 1. The molecule has 32 heavy (non-hydrogen) atoms. The minimum Gasteiger partial charge on any atom is -0.290 e. The molecular weight excluding hydrogens is 434 g/mol. The highest BCUT2D eigenvalue weighted by molar-refractivity contribution is 7.13. The van der Waals surface area contributed by atoms with Gasteiger partial charge in [0.1, 0.15) is 11.9 Å². The lowest BCUT2D eigenvalue weighted by Crippen LogP contribution is -2.46. The van der Waals surface area contributed by atoms with Gasteiger partial charge in [0, 0.05) is 19.2 Å². The Hall–Kier alpha value is -3.14. The first-order valence-corrected chi connectivity index (χ1v) is 11.2. The molecule has 0 spiro atoms. The Bertz CT molecular complexity index is 1330. The quantitative estimate of drug-likeness (QED) is 0.446. The van der Waals surface area contributed by atoms with Gasteiger partial charge in [0.05, 0.1) is 32.9 Å². The summed E-state index contributed by atoms with van der Waals surface area (Å²) in [6, 6.07) is 5.88. The first-order chi connectivity index (χ1) is 15.3. The van der Waals surface area contributed by atoms with Crippen LogP contribution in [0.1, 0.15) is 41.1 Å². The highest BCUT2D eigenvalue weighted by Gasteiger charge is 2.40. The summed E-state index contributed by atoms with van der Waals surface area (Å²) in [7, 11) is 1.80. The second-order valence-corrected chi connectivity index (χ2v) is 9.14. The van der Waals surface area contributed by atoms with Crippen LogP contribution in [0, 0.1) is 13.8 Å². The van der Waals surface area contributed by atoms with Crippen LogP contribution in [0.25, 0.3) is 21.6 Å². The van der Waals surface area contributed by atoms with Crippen molar-refractivity contribution in [2.75, 3.05) is 4.90 Å². The summed E-state index contributed by atoms with van der Waals surface area (Å²) in [5.74, 6) is 0.119. The number of aromatic nitrogens is 5. The molecule has 0 fully saturated rings. The molecule has 7 nitrogen and oxygen atoms in total. The summed E-state index contributed by atoms with van der Waals surface area (Å²) >= 11 is 1.53. The van der Waals surface area contributed by atoms with Crippen LogP contribution >= 0.6 is 11.3 Å². The molecule has 0 radical (unpaired) electrons. The molecule has 5 rings (SSSR count). The smallest absolute Gasteiger partial charge is 0.260 e. The molecule has 0 saturated heterocycles. The normalized spacial score (nSPS) is 18.5. The Labute approximate surface area is 187 Å². The number of anilines is 1. The third-order valence-corrected chi connectivity index (χ3v) is 6.80. The zero-order chi connectivity index (χ0) is 22.7. The van der Waals surface area contributed by atoms with Crippen molar-refractivity contribution >= 4 is 34.1 Å². The highest BCUT2D eigenvalue weighted by atomic mass is 32.1. The van der Waals surface area contributed by atoms with Crippen LogP contribution in [-0.2, 0) is 7.05 Å². The van der Waals surface area contributed by atoms with E-state index in [1.54, 1.807) is 42.6 Å². The van der Waals surface area contributed by atoms with Crippen LogP contribution in [-0.4, -0.2) is 42.9 Å². The van der Waals surface area contributed by atoms with Gasteiger partial charge in [-0.3, -0.25) is 14.4 Å². The van der Waals surface area contributed by atoms with E-state index >= 15 is 0 Å². The molecule has 0 saturated carbocycles. The lowest BCUT2D eigenvalue weighted by atomic mass is 10.0. The van der Waals surface area contributed by atoms with Crippen molar-refractivity contribution < 1.29 is 13.6 Å². The molecule has 1 amide bonds. The monoisotopic (exact) mass is 456 g/mol. The molecule has 0 bridgehead atoms. The van der Waals surface area contributed by atoms with Crippen molar-refractivity contribution in [1.82, 2.24) is 24.5 Å². The van der Waals surface area contributed by atoms with Crippen molar-refractivity contribution in [2.45, 2.75) is 45.7 Å². The molecule has 0 unspecified atom stereocenters. The molecule has 0 N–H and O–H groups in total. The van der Waals surface area contributed by atoms with E-state index in [1.807, 2.05) is 24.4 Å². The predicted octanol–water partition coefficient (Wildman–Crippen LogP) is 4.76. The van der Waals surface area contributed by atoms with Crippen LogP contribution in [0.5, 0.6) is 0 Å². The van der Waals surface area contributed by atoms with Gasteiger partial charge in [-0.15, -0.1) is 11.3 Å². The van der Waals surface area contributed by atoms with E-state index < -0.39 is 18.5 Å². The minimum absolute atomic E-state index is 0.121.